The Morgan fingerprint density at radius 1 is 1.48 bits per heavy atom. The Hall–Kier alpha value is -2.22. The smallest absolute Gasteiger partial charge is 0.285 e. The highest BCUT2D eigenvalue weighted by Gasteiger charge is 2.23. The van der Waals surface area contributed by atoms with Gasteiger partial charge >= 0.3 is 0 Å². The molecule has 0 spiro atoms. The first-order chi connectivity index (χ1) is 9.77. The first-order valence-corrected chi connectivity index (χ1v) is 6.38. The Morgan fingerprint density at radius 3 is 2.57 bits per heavy atom. The van der Waals surface area contributed by atoms with E-state index in [2.05, 4.69) is 10.6 Å². The van der Waals surface area contributed by atoms with Crippen LogP contribution < -0.4 is 10.6 Å². The number of hydrogen-bond donors (Lipinski definition) is 2. The molecule has 1 rings (SSSR count). The number of hydrogen-bond acceptors (Lipinski definition) is 5. The monoisotopic (exact) mass is 298 g/mol. The van der Waals surface area contributed by atoms with E-state index < -0.39 is 22.3 Å². The quantitative estimate of drug-likeness (QED) is 0.613. The van der Waals surface area contributed by atoms with E-state index in [9.17, 15) is 19.3 Å². The Balaban J connectivity index is 3.04. The van der Waals surface area contributed by atoms with Gasteiger partial charge in [-0.05, 0) is 27.1 Å². The molecule has 0 aliphatic heterocycles. The fourth-order valence-corrected chi connectivity index (χ4v) is 1.61. The Bertz CT molecular complexity index is 548. The molecule has 0 aromatic heterocycles. The van der Waals surface area contributed by atoms with Gasteiger partial charge in [-0.15, -0.1) is 0 Å². The third kappa shape index (κ3) is 4.12. The second kappa shape index (κ2) is 6.98. The molecule has 116 valence electrons. The average Bonchev–Trinajstić information content (AvgIpc) is 2.43. The molecule has 0 radical (unpaired) electrons. The number of nitro groups is 1. The van der Waals surface area contributed by atoms with Crippen LogP contribution in [0.5, 0.6) is 0 Å². The minimum atomic E-state index is -0.776. The van der Waals surface area contributed by atoms with E-state index in [4.69, 9.17) is 0 Å². The molecule has 1 unspecified atom stereocenters. The highest BCUT2D eigenvalue weighted by molar-refractivity contribution is 5.99. The van der Waals surface area contributed by atoms with E-state index in [1.54, 1.807) is 0 Å². The molecule has 0 saturated heterocycles. The molecule has 0 saturated carbocycles. The lowest BCUT2D eigenvalue weighted by Crippen LogP contribution is -2.38. The molecular formula is C13H19FN4O3. The average molecular weight is 298 g/mol. The van der Waals surface area contributed by atoms with E-state index in [0.717, 1.165) is 12.1 Å². The fourth-order valence-electron chi connectivity index (χ4n) is 1.61. The van der Waals surface area contributed by atoms with Crippen molar-refractivity contribution in [3.8, 4) is 0 Å². The summed E-state index contributed by atoms with van der Waals surface area (Å²) in [5, 5.41) is 16.1. The number of amides is 1. The summed E-state index contributed by atoms with van der Waals surface area (Å²) < 4.78 is 13.6. The van der Waals surface area contributed by atoms with Crippen molar-refractivity contribution in [3.05, 3.63) is 33.6 Å². The van der Waals surface area contributed by atoms with Gasteiger partial charge in [0.05, 0.1) is 16.7 Å². The zero-order chi connectivity index (χ0) is 16.2. The molecule has 0 fully saturated rings. The van der Waals surface area contributed by atoms with Gasteiger partial charge in [-0.1, -0.05) is 0 Å². The van der Waals surface area contributed by atoms with E-state index in [1.807, 2.05) is 25.9 Å². The number of nitrogens with one attached hydrogen (secondary N) is 2. The summed E-state index contributed by atoms with van der Waals surface area (Å²) in [5.74, 6) is -1.38. The largest absolute Gasteiger partial charge is 0.386 e. The Kier molecular flexibility index (Phi) is 5.60. The molecule has 1 amide bonds. The number of likely N-dealkylation sites (N-methyl/N-ethyl adjacent to an activating group) is 1. The molecule has 8 heteroatoms. The minimum absolute atomic E-state index is 0.0337. The number of halogens is 1. The molecule has 0 bridgehead atoms. The van der Waals surface area contributed by atoms with Crippen LogP contribution in [0.1, 0.15) is 17.3 Å². The van der Waals surface area contributed by atoms with Crippen molar-refractivity contribution in [2.24, 2.45) is 0 Å². The van der Waals surface area contributed by atoms with Crippen LogP contribution in [0.4, 0.5) is 15.8 Å². The molecule has 1 aromatic rings. The first-order valence-electron chi connectivity index (χ1n) is 6.38. The highest BCUT2D eigenvalue weighted by atomic mass is 19.1. The molecule has 21 heavy (non-hydrogen) atoms. The molecular weight excluding hydrogens is 279 g/mol. The molecule has 7 nitrogen and oxygen atoms in total. The summed E-state index contributed by atoms with van der Waals surface area (Å²) >= 11 is 0. The van der Waals surface area contributed by atoms with Crippen molar-refractivity contribution < 1.29 is 14.1 Å². The maximum Gasteiger partial charge on any atom is 0.285 e. The van der Waals surface area contributed by atoms with Crippen LogP contribution in [-0.2, 0) is 0 Å². The third-order valence-corrected chi connectivity index (χ3v) is 3.24. The summed E-state index contributed by atoms with van der Waals surface area (Å²) in [4.78, 5) is 24.2. The van der Waals surface area contributed by atoms with Crippen molar-refractivity contribution >= 4 is 17.3 Å². The van der Waals surface area contributed by atoms with Gasteiger partial charge in [0.15, 0.2) is 5.82 Å². The Labute approximate surface area is 122 Å². The van der Waals surface area contributed by atoms with E-state index >= 15 is 0 Å². The van der Waals surface area contributed by atoms with Gasteiger partial charge in [0.1, 0.15) is 5.56 Å². The SMILES string of the molecule is CNc1cc(C(=O)NCC(C)N(C)C)c([N+](=O)[O-])cc1F. The summed E-state index contributed by atoms with van der Waals surface area (Å²) in [6.45, 7) is 2.23. The summed E-state index contributed by atoms with van der Waals surface area (Å²) in [5.41, 5.74) is -0.690. The lowest BCUT2D eigenvalue weighted by atomic mass is 10.1. The number of carbonyl (C=O) groups excluding carboxylic acids is 1. The van der Waals surface area contributed by atoms with Crippen LogP contribution in [0, 0.1) is 15.9 Å². The van der Waals surface area contributed by atoms with Gasteiger partial charge in [0.25, 0.3) is 11.6 Å². The minimum Gasteiger partial charge on any atom is -0.386 e. The zero-order valence-electron chi connectivity index (χ0n) is 12.4. The topological polar surface area (TPSA) is 87.5 Å². The predicted octanol–water partition coefficient (Wildman–Crippen LogP) is 1.46. The van der Waals surface area contributed by atoms with Crippen LogP contribution in [0.15, 0.2) is 12.1 Å². The molecule has 0 heterocycles. The maximum atomic E-state index is 13.6. The number of nitrogens with zero attached hydrogens (tertiary/aromatic N) is 2. The van der Waals surface area contributed by atoms with Gasteiger partial charge in [-0.25, -0.2) is 4.39 Å². The summed E-state index contributed by atoms with van der Waals surface area (Å²) in [7, 11) is 5.19. The Morgan fingerprint density at radius 2 is 2.10 bits per heavy atom. The first kappa shape index (κ1) is 16.8. The van der Waals surface area contributed by atoms with Crippen molar-refractivity contribution in [1.82, 2.24) is 10.2 Å². The lowest BCUT2D eigenvalue weighted by Gasteiger charge is -2.20. The van der Waals surface area contributed by atoms with Crippen molar-refractivity contribution in [2.45, 2.75) is 13.0 Å². The fraction of sp³-hybridized carbons (Fsp3) is 0.462. The zero-order valence-corrected chi connectivity index (χ0v) is 12.4. The van der Waals surface area contributed by atoms with Crippen LogP contribution in [0.2, 0.25) is 0 Å². The number of rotatable bonds is 6. The number of benzene rings is 1. The molecule has 1 aromatic carbocycles. The third-order valence-electron chi connectivity index (χ3n) is 3.24. The van der Waals surface area contributed by atoms with Crippen LogP contribution in [0.3, 0.4) is 0 Å². The highest BCUT2D eigenvalue weighted by Crippen LogP contribution is 2.25. The molecule has 0 aliphatic rings. The second-order valence-corrected chi connectivity index (χ2v) is 4.88. The van der Waals surface area contributed by atoms with Crippen molar-refractivity contribution in [2.75, 3.05) is 33.0 Å². The van der Waals surface area contributed by atoms with Gasteiger partial charge in [0, 0.05) is 19.6 Å². The van der Waals surface area contributed by atoms with Crippen LogP contribution in [-0.4, -0.2) is 49.5 Å². The normalized spacial score (nSPS) is 12.1. The predicted molar refractivity (Wildman–Crippen MR) is 78.1 cm³/mol. The molecule has 2 N–H and O–H groups in total. The number of carbonyl (C=O) groups is 1. The van der Waals surface area contributed by atoms with Gasteiger partial charge in [-0.3, -0.25) is 14.9 Å². The maximum absolute atomic E-state index is 13.6. The number of anilines is 1. The van der Waals surface area contributed by atoms with E-state index in [1.165, 1.54) is 7.05 Å². The van der Waals surface area contributed by atoms with Crippen LogP contribution >= 0.6 is 0 Å². The van der Waals surface area contributed by atoms with Crippen LogP contribution in [0.25, 0.3) is 0 Å². The van der Waals surface area contributed by atoms with Gasteiger partial charge in [0.2, 0.25) is 0 Å². The summed E-state index contributed by atoms with van der Waals surface area (Å²) in [6, 6.07) is 1.96. The van der Waals surface area contributed by atoms with Gasteiger partial charge in [-0.2, -0.15) is 0 Å². The molecule has 1 atom stereocenters. The standard InChI is InChI=1S/C13H19FN4O3/c1-8(17(3)4)7-16-13(19)9-5-11(15-2)10(14)6-12(9)18(20)21/h5-6,8,15H,7H2,1-4H3,(H,16,19). The van der Waals surface area contributed by atoms with Gasteiger partial charge < -0.3 is 15.5 Å². The summed E-state index contributed by atoms with van der Waals surface area (Å²) in [6.07, 6.45) is 0. The second-order valence-electron chi connectivity index (χ2n) is 4.88. The van der Waals surface area contributed by atoms with Crippen molar-refractivity contribution in [3.63, 3.8) is 0 Å². The van der Waals surface area contributed by atoms with Crippen molar-refractivity contribution in [1.29, 1.82) is 0 Å². The van der Waals surface area contributed by atoms with E-state index in [0.29, 0.717) is 6.54 Å². The number of nitro benzene ring substituents is 1. The molecule has 0 aliphatic carbocycles. The lowest BCUT2D eigenvalue weighted by molar-refractivity contribution is -0.385. The van der Waals surface area contributed by atoms with E-state index in [-0.39, 0.29) is 17.3 Å².